The Morgan fingerprint density at radius 3 is 2.15 bits per heavy atom. The van der Waals surface area contributed by atoms with Gasteiger partial charge in [-0.05, 0) is 55.7 Å². The molecule has 1 heterocycles. The molecule has 2 aromatic rings. The molecule has 0 aliphatic heterocycles. The highest BCUT2D eigenvalue weighted by atomic mass is 16.4. The molecule has 0 saturated carbocycles. The van der Waals surface area contributed by atoms with Crippen LogP contribution in [0.15, 0.2) is 39.5 Å². The van der Waals surface area contributed by atoms with Gasteiger partial charge in [0.1, 0.15) is 17.7 Å². The van der Waals surface area contributed by atoms with E-state index in [1.165, 1.54) is 6.07 Å². The molecule has 0 aliphatic carbocycles. The maximum absolute atomic E-state index is 13.2. The maximum Gasteiger partial charge on any atom is 0.336 e. The van der Waals surface area contributed by atoms with Gasteiger partial charge in [0.05, 0.1) is 6.04 Å². The summed E-state index contributed by atoms with van der Waals surface area (Å²) in [5.74, 6) is -2.05. The molecule has 0 radical (unpaired) electrons. The Hall–Kier alpha value is -3.77. The van der Waals surface area contributed by atoms with Gasteiger partial charge in [-0.15, -0.1) is 0 Å². The first-order valence-corrected chi connectivity index (χ1v) is 13.8. The summed E-state index contributed by atoms with van der Waals surface area (Å²) in [5, 5.41) is 16.5. The number of benzene rings is 1. The van der Waals surface area contributed by atoms with Gasteiger partial charge in [0.25, 0.3) is 5.97 Å². The molecule has 0 aliphatic rings. The van der Waals surface area contributed by atoms with Crippen molar-refractivity contribution in [1.82, 2.24) is 16.0 Å². The van der Waals surface area contributed by atoms with Gasteiger partial charge in [-0.1, -0.05) is 45.9 Å². The van der Waals surface area contributed by atoms with Crippen LogP contribution in [-0.4, -0.2) is 53.5 Å². The highest BCUT2D eigenvalue weighted by Crippen LogP contribution is 2.16. The van der Waals surface area contributed by atoms with Gasteiger partial charge in [0, 0.05) is 24.9 Å². The van der Waals surface area contributed by atoms with Gasteiger partial charge in [-0.2, -0.15) is 0 Å². The normalized spacial score (nSPS) is 13.1. The molecule has 0 saturated heterocycles. The lowest BCUT2D eigenvalue weighted by Crippen LogP contribution is -2.56. The number of rotatable bonds is 14. The third-order valence-corrected chi connectivity index (χ3v) is 6.13. The molecule has 228 valence electrons. The molecule has 3 atom stereocenters. The Bertz CT molecular complexity index is 1210. The van der Waals surface area contributed by atoms with Crippen molar-refractivity contribution in [1.29, 1.82) is 0 Å². The van der Waals surface area contributed by atoms with Crippen LogP contribution in [0.3, 0.4) is 0 Å². The van der Waals surface area contributed by atoms with E-state index < -0.39 is 47.4 Å². The molecular formula is C29H45N5O7. The molecule has 0 spiro atoms. The maximum atomic E-state index is 13.2. The Kier molecular flexibility index (Phi) is 15.3. The van der Waals surface area contributed by atoms with E-state index in [-0.39, 0.29) is 18.4 Å². The molecule has 1 aromatic heterocycles. The summed E-state index contributed by atoms with van der Waals surface area (Å²) < 4.78 is 5.22. The van der Waals surface area contributed by atoms with Crippen LogP contribution in [0.2, 0.25) is 0 Å². The lowest BCUT2D eigenvalue weighted by molar-refractivity contribution is -0.134. The van der Waals surface area contributed by atoms with Gasteiger partial charge < -0.3 is 36.9 Å². The molecule has 0 fully saturated rings. The Morgan fingerprint density at radius 2 is 1.56 bits per heavy atom. The third-order valence-electron chi connectivity index (χ3n) is 6.13. The quantitative estimate of drug-likeness (QED) is 0.143. The molecule has 1 aromatic carbocycles. The fraction of sp³-hybridized carbons (Fsp3) is 0.552. The zero-order valence-corrected chi connectivity index (χ0v) is 24.6. The van der Waals surface area contributed by atoms with Crippen molar-refractivity contribution in [3.8, 4) is 0 Å². The van der Waals surface area contributed by atoms with E-state index in [4.69, 9.17) is 25.8 Å². The number of aliphatic carboxylic acids is 1. The lowest BCUT2D eigenvalue weighted by Gasteiger charge is -2.26. The second-order valence-electron chi connectivity index (χ2n) is 10.6. The number of nitrogens with two attached hydrogens (primary N) is 2. The SMILES string of the molecule is CC(=O)O.CC(C)C[C@H](NC(=O)[C@@H](N)C(C)C)C(=O)N[C@@H](CCCCN)C(=O)NCc1cc(=O)oc2ccccc12. The van der Waals surface area contributed by atoms with Crippen molar-refractivity contribution in [2.45, 2.75) is 85.0 Å². The Labute approximate surface area is 240 Å². The van der Waals surface area contributed by atoms with E-state index >= 15 is 0 Å². The first-order chi connectivity index (χ1) is 19.3. The number of carbonyl (C=O) groups is 4. The summed E-state index contributed by atoms with van der Waals surface area (Å²) in [7, 11) is 0. The first-order valence-electron chi connectivity index (χ1n) is 13.8. The lowest BCUT2D eigenvalue weighted by atomic mass is 9.99. The Morgan fingerprint density at radius 1 is 0.951 bits per heavy atom. The van der Waals surface area contributed by atoms with Crippen LogP contribution in [0, 0.1) is 11.8 Å². The number of carboxylic acid groups (broad SMARTS) is 1. The third kappa shape index (κ3) is 13.0. The largest absolute Gasteiger partial charge is 0.481 e. The van der Waals surface area contributed by atoms with Crippen molar-refractivity contribution >= 4 is 34.7 Å². The van der Waals surface area contributed by atoms with E-state index in [0.29, 0.717) is 48.8 Å². The number of carboxylic acids is 1. The molecule has 0 bridgehead atoms. The summed E-state index contributed by atoms with van der Waals surface area (Å²) >= 11 is 0. The van der Waals surface area contributed by atoms with E-state index in [1.54, 1.807) is 18.2 Å². The fourth-order valence-electron chi connectivity index (χ4n) is 3.94. The summed E-state index contributed by atoms with van der Waals surface area (Å²) in [4.78, 5) is 59.9. The molecule has 8 N–H and O–H groups in total. The van der Waals surface area contributed by atoms with Crippen molar-refractivity contribution in [2.75, 3.05) is 6.54 Å². The molecular weight excluding hydrogens is 530 g/mol. The molecule has 3 amide bonds. The molecule has 41 heavy (non-hydrogen) atoms. The number of amides is 3. The van der Waals surface area contributed by atoms with E-state index in [0.717, 1.165) is 6.92 Å². The number of fused-ring (bicyclic) bond motifs is 1. The van der Waals surface area contributed by atoms with Crippen LogP contribution in [0.5, 0.6) is 0 Å². The monoisotopic (exact) mass is 575 g/mol. The highest BCUT2D eigenvalue weighted by Gasteiger charge is 2.29. The van der Waals surface area contributed by atoms with Gasteiger partial charge in [0.2, 0.25) is 17.7 Å². The number of unbranched alkanes of at least 4 members (excludes halogenated alkanes) is 1. The summed E-state index contributed by atoms with van der Waals surface area (Å²) in [6.45, 7) is 9.19. The second-order valence-corrected chi connectivity index (χ2v) is 10.6. The average Bonchev–Trinajstić information content (AvgIpc) is 2.89. The number of hydrogen-bond donors (Lipinski definition) is 6. The predicted octanol–water partition coefficient (Wildman–Crippen LogP) is 1.63. The minimum atomic E-state index is -0.837. The zero-order chi connectivity index (χ0) is 31.1. The van der Waals surface area contributed by atoms with Crippen molar-refractivity contribution in [3.05, 3.63) is 46.3 Å². The zero-order valence-electron chi connectivity index (χ0n) is 24.6. The minimum absolute atomic E-state index is 0.0869. The van der Waals surface area contributed by atoms with E-state index in [1.807, 2.05) is 33.8 Å². The highest BCUT2D eigenvalue weighted by molar-refractivity contribution is 5.93. The molecule has 12 heteroatoms. The molecule has 12 nitrogen and oxygen atoms in total. The van der Waals surface area contributed by atoms with Crippen LogP contribution in [0.4, 0.5) is 0 Å². The van der Waals surface area contributed by atoms with Crippen LogP contribution in [-0.2, 0) is 25.7 Å². The van der Waals surface area contributed by atoms with Crippen molar-refractivity contribution < 1.29 is 28.7 Å². The van der Waals surface area contributed by atoms with Gasteiger partial charge in [-0.3, -0.25) is 19.2 Å². The van der Waals surface area contributed by atoms with Gasteiger partial charge >= 0.3 is 5.63 Å². The fourth-order valence-corrected chi connectivity index (χ4v) is 3.94. The van der Waals surface area contributed by atoms with Crippen LogP contribution >= 0.6 is 0 Å². The van der Waals surface area contributed by atoms with E-state index in [2.05, 4.69) is 16.0 Å². The number of para-hydroxylation sites is 1. The predicted molar refractivity (Wildman–Crippen MR) is 157 cm³/mol. The number of carbonyl (C=O) groups excluding carboxylic acids is 3. The van der Waals surface area contributed by atoms with Crippen LogP contribution in [0.1, 0.15) is 65.9 Å². The van der Waals surface area contributed by atoms with Gasteiger partial charge in [-0.25, -0.2) is 4.79 Å². The van der Waals surface area contributed by atoms with Gasteiger partial charge in [0.15, 0.2) is 0 Å². The number of hydrogen-bond acceptors (Lipinski definition) is 8. The number of nitrogens with one attached hydrogen (secondary N) is 3. The average molecular weight is 576 g/mol. The molecule has 0 unspecified atom stereocenters. The van der Waals surface area contributed by atoms with Crippen molar-refractivity contribution in [2.24, 2.45) is 23.3 Å². The second kappa shape index (κ2) is 17.8. The van der Waals surface area contributed by atoms with Crippen LogP contribution in [0.25, 0.3) is 11.0 Å². The standard InChI is InChI=1S/C27H41N5O5.C2H4O2/c1-16(2)13-21(32-27(36)24(29)17(3)4)26(35)31-20(10-7-8-12-28)25(34)30-15-18-14-23(33)37-22-11-6-5-9-19(18)22;1-2(3)4/h5-6,9,11,14,16-17,20-21,24H,7-8,10,12-13,15,28-29H2,1-4H3,(H,30,34)(H,31,35)(H,32,36);1H3,(H,3,4)/t20-,21-,24-;/m0./s1. The summed E-state index contributed by atoms with van der Waals surface area (Å²) in [6, 6.07) is 6.00. The first kappa shape index (κ1) is 35.3. The Balaban J connectivity index is 0.00000196. The molecule has 2 rings (SSSR count). The van der Waals surface area contributed by atoms with Crippen LogP contribution < -0.4 is 33.0 Å². The topological polar surface area (TPSA) is 207 Å². The van der Waals surface area contributed by atoms with E-state index in [9.17, 15) is 19.2 Å². The van der Waals surface area contributed by atoms with Crippen molar-refractivity contribution in [3.63, 3.8) is 0 Å². The summed E-state index contributed by atoms with van der Waals surface area (Å²) in [6.07, 6.45) is 2.09. The minimum Gasteiger partial charge on any atom is -0.481 e. The summed E-state index contributed by atoms with van der Waals surface area (Å²) in [5.41, 5.74) is 12.1. The smallest absolute Gasteiger partial charge is 0.336 e.